The third-order valence-electron chi connectivity index (χ3n) is 2.10. The summed E-state index contributed by atoms with van der Waals surface area (Å²) in [5.41, 5.74) is 6.43. The Morgan fingerprint density at radius 1 is 1.53 bits per heavy atom. The Morgan fingerprint density at radius 3 is 2.94 bits per heavy atom. The number of methoxy groups -OCH3 is 1. The van der Waals surface area contributed by atoms with Gasteiger partial charge in [-0.3, -0.25) is 0 Å². The van der Waals surface area contributed by atoms with E-state index in [4.69, 9.17) is 22.1 Å². The Balaban J connectivity index is 2.04. The minimum atomic E-state index is 0.313. The van der Waals surface area contributed by atoms with E-state index < -0.39 is 0 Å². The Hall–Kier alpha value is -1.40. The molecule has 3 N–H and O–H groups in total. The first kappa shape index (κ1) is 12.1. The molecule has 0 aliphatic carbocycles. The highest BCUT2D eigenvalue weighted by atomic mass is 35.5. The van der Waals surface area contributed by atoms with Gasteiger partial charge < -0.3 is 10.5 Å². The van der Waals surface area contributed by atoms with E-state index in [2.05, 4.69) is 15.2 Å². The molecule has 2 aromatic rings. The molecule has 0 atom stereocenters. The van der Waals surface area contributed by atoms with E-state index in [1.165, 1.54) is 11.8 Å². The minimum Gasteiger partial charge on any atom is -0.497 e. The molecule has 0 unspecified atom stereocenters. The predicted molar refractivity (Wildman–Crippen MR) is 68.4 cm³/mol. The highest BCUT2D eigenvalue weighted by Gasteiger charge is 2.06. The average molecular weight is 271 g/mol. The van der Waals surface area contributed by atoms with E-state index >= 15 is 0 Å². The van der Waals surface area contributed by atoms with Crippen LogP contribution in [0.25, 0.3) is 0 Å². The van der Waals surface area contributed by atoms with Crippen LogP contribution in [0.3, 0.4) is 0 Å². The molecular formula is C10H11ClN4OS. The van der Waals surface area contributed by atoms with Crippen LogP contribution in [0.1, 0.15) is 5.56 Å². The third-order valence-corrected chi connectivity index (χ3v) is 3.35. The molecule has 5 nitrogen and oxygen atoms in total. The number of hydrogen-bond acceptors (Lipinski definition) is 5. The zero-order chi connectivity index (χ0) is 12.3. The molecule has 0 spiro atoms. The monoisotopic (exact) mass is 270 g/mol. The normalized spacial score (nSPS) is 10.5. The topological polar surface area (TPSA) is 76.8 Å². The maximum Gasteiger partial charge on any atom is 0.216 e. The maximum absolute atomic E-state index is 6.11. The van der Waals surface area contributed by atoms with Gasteiger partial charge in [-0.1, -0.05) is 29.4 Å². The van der Waals surface area contributed by atoms with Crippen molar-refractivity contribution >= 4 is 29.3 Å². The summed E-state index contributed by atoms with van der Waals surface area (Å²) < 4.78 is 5.08. The number of anilines is 1. The fourth-order valence-corrected chi connectivity index (χ4v) is 2.36. The minimum absolute atomic E-state index is 0.313. The number of H-pyrrole nitrogens is 1. The fraction of sp³-hybridized carbons (Fsp3) is 0.200. The van der Waals surface area contributed by atoms with E-state index in [-0.39, 0.29) is 0 Å². The molecular weight excluding hydrogens is 260 g/mol. The van der Waals surface area contributed by atoms with Crippen molar-refractivity contribution in [2.24, 2.45) is 0 Å². The Bertz CT molecular complexity index is 517. The number of ether oxygens (including phenoxy) is 1. The number of nitrogens with two attached hydrogens (primary N) is 1. The second-order valence-electron chi connectivity index (χ2n) is 3.25. The van der Waals surface area contributed by atoms with E-state index in [9.17, 15) is 0 Å². The summed E-state index contributed by atoms with van der Waals surface area (Å²) in [6, 6.07) is 5.57. The lowest BCUT2D eigenvalue weighted by molar-refractivity contribution is 0.414. The van der Waals surface area contributed by atoms with Crippen molar-refractivity contribution in [3.63, 3.8) is 0 Å². The molecule has 1 heterocycles. The molecule has 2 rings (SSSR count). The molecule has 7 heteroatoms. The second kappa shape index (κ2) is 5.29. The molecule has 1 aromatic heterocycles. The van der Waals surface area contributed by atoms with Gasteiger partial charge in [0.1, 0.15) is 5.75 Å². The second-order valence-corrected chi connectivity index (χ2v) is 4.60. The predicted octanol–water partition coefficient (Wildman–Crippen LogP) is 2.34. The van der Waals surface area contributed by atoms with Crippen molar-refractivity contribution in [2.75, 3.05) is 12.8 Å². The molecule has 0 bridgehead atoms. The van der Waals surface area contributed by atoms with Gasteiger partial charge in [-0.05, 0) is 17.7 Å². The number of aromatic nitrogens is 3. The summed E-state index contributed by atoms with van der Waals surface area (Å²) in [5, 5.41) is 7.78. The molecule has 0 aliphatic rings. The van der Waals surface area contributed by atoms with Crippen molar-refractivity contribution in [3.05, 3.63) is 28.8 Å². The number of nitrogens with zero attached hydrogens (tertiary/aromatic N) is 2. The molecule has 1 aromatic carbocycles. The maximum atomic E-state index is 6.11. The van der Waals surface area contributed by atoms with Crippen LogP contribution in [0.5, 0.6) is 5.75 Å². The van der Waals surface area contributed by atoms with Gasteiger partial charge in [0.15, 0.2) is 0 Å². The fourth-order valence-electron chi connectivity index (χ4n) is 1.24. The Morgan fingerprint density at radius 2 is 2.35 bits per heavy atom. The van der Waals surface area contributed by atoms with Crippen LogP contribution in [0.15, 0.2) is 23.4 Å². The summed E-state index contributed by atoms with van der Waals surface area (Å²) in [5.74, 6) is 1.74. The summed E-state index contributed by atoms with van der Waals surface area (Å²) in [6.45, 7) is 0. The SMILES string of the molecule is COc1ccc(CSc2n[nH]c(N)n2)c(Cl)c1. The lowest BCUT2D eigenvalue weighted by Crippen LogP contribution is -1.87. The molecule has 90 valence electrons. The van der Waals surface area contributed by atoms with Crippen molar-refractivity contribution < 1.29 is 4.74 Å². The first-order valence-corrected chi connectivity index (χ1v) is 6.18. The van der Waals surface area contributed by atoms with Gasteiger partial charge in [0, 0.05) is 10.8 Å². The van der Waals surface area contributed by atoms with Gasteiger partial charge in [0.05, 0.1) is 7.11 Å². The first-order chi connectivity index (χ1) is 8.19. The van der Waals surface area contributed by atoms with Crippen LogP contribution in [-0.2, 0) is 5.75 Å². The number of rotatable bonds is 4. The van der Waals surface area contributed by atoms with Crippen molar-refractivity contribution in [2.45, 2.75) is 10.9 Å². The number of nitrogens with one attached hydrogen (secondary N) is 1. The van der Waals surface area contributed by atoms with Gasteiger partial charge in [-0.2, -0.15) is 4.98 Å². The van der Waals surface area contributed by atoms with Gasteiger partial charge in [0.2, 0.25) is 11.1 Å². The van der Waals surface area contributed by atoms with Gasteiger partial charge >= 0.3 is 0 Å². The molecule has 0 radical (unpaired) electrons. The zero-order valence-electron chi connectivity index (χ0n) is 9.11. The van der Waals surface area contributed by atoms with Crippen LogP contribution in [-0.4, -0.2) is 22.3 Å². The summed E-state index contributed by atoms with van der Waals surface area (Å²) >= 11 is 7.58. The van der Waals surface area contributed by atoms with Crippen LogP contribution < -0.4 is 10.5 Å². The summed E-state index contributed by atoms with van der Waals surface area (Å²) in [6.07, 6.45) is 0. The smallest absolute Gasteiger partial charge is 0.216 e. The molecule has 0 aliphatic heterocycles. The summed E-state index contributed by atoms with van der Waals surface area (Å²) in [7, 11) is 1.61. The van der Waals surface area contributed by atoms with Gasteiger partial charge in [0.25, 0.3) is 0 Å². The number of nitrogen functional groups attached to an aromatic ring is 1. The zero-order valence-corrected chi connectivity index (χ0v) is 10.7. The summed E-state index contributed by atoms with van der Waals surface area (Å²) in [4.78, 5) is 4.00. The van der Waals surface area contributed by atoms with Crippen LogP contribution in [0, 0.1) is 0 Å². The average Bonchev–Trinajstić information content (AvgIpc) is 2.73. The number of benzene rings is 1. The standard InChI is InChI=1S/C10H11ClN4OS/c1-16-7-3-2-6(8(11)4-7)5-17-10-13-9(12)14-15-10/h2-4H,5H2,1H3,(H3,12,13,14,15). The van der Waals surface area contributed by atoms with E-state index in [0.29, 0.717) is 21.9 Å². The Labute approximate surface area is 108 Å². The Kier molecular flexibility index (Phi) is 3.75. The molecule has 0 fully saturated rings. The number of hydrogen-bond donors (Lipinski definition) is 2. The highest BCUT2D eigenvalue weighted by molar-refractivity contribution is 7.98. The van der Waals surface area contributed by atoms with Crippen molar-refractivity contribution in [1.82, 2.24) is 15.2 Å². The van der Waals surface area contributed by atoms with E-state index in [1.807, 2.05) is 12.1 Å². The first-order valence-electron chi connectivity index (χ1n) is 4.82. The van der Waals surface area contributed by atoms with Gasteiger partial charge in [-0.25, -0.2) is 5.10 Å². The number of halogens is 1. The highest BCUT2D eigenvalue weighted by Crippen LogP contribution is 2.27. The molecule has 0 saturated carbocycles. The quantitative estimate of drug-likeness (QED) is 0.834. The van der Waals surface area contributed by atoms with Gasteiger partial charge in [-0.15, -0.1) is 5.10 Å². The molecule has 17 heavy (non-hydrogen) atoms. The number of thioether (sulfide) groups is 1. The largest absolute Gasteiger partial charge is 0.497 e. The van der Waals surface area contributed by atoms with E-state index in [1.54, 1.807) is 13.2 Å². The lowest BCUT2D eigenvalue weighted by atomic mass is 10.2. The van der Waals surface area contributed by atoms with Crippen LogP contribution in [0.4, 0.5) is 5.95 Å². The number of aromatic amines is 1. The third kappa shape index (κ3) is 3.04. The molecule has 0 saturated heterocycles. The van der Waals surface area contributed by atoms with Crippen molar-refractivity contribution in [1.29, 1.82) is 0 Å². The van der Waals surface area contributed by atoms with Crippen LogP contribution in [0.2, 0.25) is 5.02 Å². The van der Waals surface area contributed by atoms with Crippen LogP contribution >= 0.6 is 23.4 Å². The van der Waals surface area contributed by atoms with E-state index in [0.717, 1.165) is 11.3 Å². The molecule has 0 amide bonds. The van der Waals surface area contributed by atoms with Crippen molar-refractivity contribution in [3.8, 4) is 5.75 Å². The lowest BCUT2D eigenvalue weighted by Gasteiger charge is -2.04.